The summed E-state index contributed by atoms with van der Waals surface area (Å²) in [6, 6.07) is 60.0. The summed E-state index contributed by atoms with van der Waals surface area (Å²) in [7, 11) is 0. The number of fused-ring (bicyclic) bond motifs is 15. The normalized spacial score (nSPS) is 14.8. The van der Waals surface area contributed by atoms with Crippen LogP contribution in [-0.4, -0.2) is 9.38 Å². The zero-order valence-corrected chi connectivity index (χ0v) is 31.2. The molecule has 3 aliphatic carbocycles. The molecule has 0 atom stereocenters. The summed E-state index contributed by atoms with van der Waals surface area (Å²) in [4.78, 5) is 4.93. The van der Waals surface area contributed by atoms with E-state index in [0.29, 0.717) is 5.84 Å². The molecule has 13 rings (SSSR count). The number of benzene rings is 8. The molecular formula is C54H36N2O. The predicted octanol–water partition coefficient (Wildman–Crippen LogP) is 15.1. The Balaban J connectivity index is 1.25. The summed E-state index contributed by atoms with van der Waals surface area (Å²) in [6.07, 6.45) is 3.77. The van der Waals surface area contributed by atoms with Crippen LogP contribution in [0.25, 0.3) is 115 Å². The van der Waals surface area contributed by atoms with Crippen molar-refractivity contribution in [2.45, 2.75) is 31.6 Å². The van der Waals surface area contributed by atoms with E-state index in [2.05, 4.69) is 156 Å². The molecule has 0 spiro atoms. The highest BCUT2D eigenvalue weighted by molar-refractivity contribution is 6.32. The number of aromatic nitrogens is 2. The molecule has 2 heterocycles. The van der Waals surface area contributed by atoms with Crippen LogP contribution in [0.4, 0.5) is 0 Å². The highest BCUT2D eigenvalue weighted by atomic mass is 16.4. The molecule has 0 saturated heterocycles. The van der Waals surface area contributed by atoms with Gasteiger partial charge in [-0.1, -0.05) is 152 Å². The lowest BCUT2D eigenvalue weighted by Crippen LogP contribution is -1.97. The largest absolute Gasteiger partial charge is 0.422 e. The Kier molecular flexibility index (Phi) is 6.25. The molecular weight excluding hydrogens is 693 g/mol. The van der Waals surface area contributed by atoms with Gasteiger partial charge >= 0.3 is 5.84 Å². The third-order valence-electron chi connectivity index (χ3n) is 12.9. The van der Waals surface area contributed by atoms with E-state index in [1.165, 1.54) is 75.8 Å². The second kappa shape index (κ2) is 11.8. The van der Waals surface area contributed by atoms with E-state index in [9.17, 15) is 1.37 Å². The molecule has 0 N–H and O–H groups in total. The van der Waals surface area contributed by atoms with E-state index in [4.69, 9.17) is 9.40 Å². The second-order valence-corrected chi connectivity index (χ2v) is 15.8. The Morgan fingerprint density at radius 3 is 1.54 bits per heavy atom. The van der Waals surface area contributed by atoms with Crippen LogP contribution in [0.15, 0.2) is 168 Å². The van der Waals surface area contributed by atoms with Crippen molar-refractivity contribution >= 4 is 92.6 Å². The third kappa shape index (κ3) is 4.34. The highest BCUT2D eigenvalue weighted by Gasteiger charge is 2.26. The van der Waals surface area contributed by atoms with Gasteiger partial charge in [0.25, 0.3) is 0 Å². The summed E-state index contributed by atoms with van der Waals surface area (Å²) in [6.45, 7) is 0. The number of rotatable bonds is 2. The van der Waals surface area contributed by atoms with E-state index < -0.39 is 5.89 Å². The fourth-order valence-electron chi connectivity index (χ4n) is 10.5. The van der Waals surface area contributed by atoms with Gasteiger partial charge in [0.1, 0.15) is 0 Å². The van der Waals surface area contributed by atoms with Gasteiger partial charge in [-0.05, 0) is 130 Å². The topological polar surface area (TPSA) is 30.4 Å². The number of oxazole rings is 1. The first-order chi connectivity index (χ1) is 28.6. The molecule has 268 valence electrons. The fourth-order valence-corrected chi connectivity index (χ4v) is 10.5. The van der Waals surface area contributed by atoms with Crippen molar-refractivity contribution < 1.29 is 5.79 Å². The number of nitrogens with zero attached hydrogens (tertiary/aromatic N) is 2. The summed E-state index contributed by atoms with van der Waals surface area (Å²) in [5.41, 5.74) is 9.29. The molecule has 2 aromatic heterocycles. The van der Waals surface area contributed by atoms with Crippen molar-refractivity contribution in [2.24, 2.45) is 0 Å². The van der Waals surface area contributed by atoms with Gasteiger partial charge in [-0.2, -0.15) is 4.98 Å². The lowest BCUT2D eigenvalue weighted by molar-refractivity contribution is 0.641. The quantitative estimate of drug-likeness (QED) is 0.177. The lowest BCUT2D eigenvalue weighted by atomic mass is 9.83. The van der Waals surface area contributed by atoms with E-state index in [-0.39, 0.29) is 0 Å². The Morgan fingerprint density at radius 1 is 0.456 bits per heavy atom. The van der Waals surface area contributed by atoms with Crippen molar-refractivity contribution in [3.63, 3.8) is 0 Å². The molecule has 10 aromatic rings. The van der Waals surface area contributed by atoms with Crippen molar-refractivity contribution in [1.29, 1.82) is 0 Å². The molecule has 1 fully saturated rings. The van der Waals surface area contributed by atoms with Gasteiger partial charge in [0.15, 0.2) is 5.58 Å². The average Bonchev–Trinajstić information content (AvgIpc) is 3.98. The van der Waals surface area contributed by atoms with E-state index in [1.54, 1.807) is 0 Å². The van der Waals surface area contributed by atoms with Crippen LogP contribution in [0, 0.1) is 0 Å². The number of hydrogen-bond donors (Lipinski definition) is 0. The summed E-state index contributed by atoms with van der Waals surface area (Å²) >= 11 is 0. The minimum Gasteiger partial charge on any atom is -0.422 e. The van der Waals surface area contributed by atoms with Crippen molar-refractivity contribution in [3.05, 3.63) is 169 Å². The maximum atomic E-state index is 9.93. The SMILES string of the molecule is [2H]C1(c2ccc3c(oc4nc5ccccc5n43)c2-c2ccc3c(c2)c2cccc4c2-c2c(cccc2c2ccccc23)c2ccccc2c2ccccc42)CCCC1. The Hall–Kier alpha value is -6.97. The zero-order chi connectivity index (χ0) is 38.1. The minimum absolute atomic E-state index is 0.577. The van der Waals surface area contributed by atoms with E-state index >= 15 is 0 Å². The van der Waals surface area contributed by atoms with Gasteiger partial charge < -0.3 is 4.42 Å². The maximum absolute atomic E-state index is 9.93. The van der Waals surface area contributed by atoms with Gasteiger partial charge in [0, 0.05) is 6.93 Å². The number of hydrogen-bond acceptors (Lipinski definition) is 2. The summed E-state index contributed by atoms with van der Waals surface area (Å²) in [5.74, 6) is -0.127. The van der Waals surface area contributed by atoms with E-state index in [0.717, 1.165) is 64.5 Å². The highest BCUT2D eigenvalue weighted by Crippen LogP contribution is 2.49. The van der Waals surface area contributed by atoms with Gasteiger partial charge in [0.05, 0.1) is 16.6 Å². The molecule has 3 nitrogen and oxygen atoms in total. The molecule has 3 aliphatic rings. The smallest absolute Gasteiger partial charge is 0.307 e. The lowest BCUT2D eigenvalue weighted by Gasteiger charge is -2.20. The van der Waals surface area contributed by atoms with Crippen LogP contribution in [0.5, 0.6) is 0 Å². The van der Waals surface area contributed by atoms with Crippen LogP contribution >= 0.6 is 0 Å². The van der Waals surface area contributed by atoms with Crippen LogP contribution in [0.1, 0.15) is 38.5 Å². The van der Waals surface area contributed by atoms with Crippen LogP contribution in [0.3, 0.4) is 0 Å². The molecule has 0 amide bonds. The fraction of sp³-hybridized carbons (Fsp3) is 0.0926. The van der Waals surface area contributed by atoms with Gasteiger partial charge in [-0.15, -0.1) is 0 Å². The third-order valence-corrected chi connectivity index (χ3v) is 12.9. The molecule has 0 bridgehead atoms. The Labute approximate surface area is 329 Å². The zero-order valence-electron chi connectivity index (χ0n) is 32.2. The molecule has 0 unspecified atom stereocenters. The average molecular weight is 730 g/mol. The second-order valence-electron chi connectivity index (χ2n) is 15.8. The monoisotopic (exact) mass is 729 g/mol. The van der Waals surface area contributed by atoms with E-state index in [1.807, 2.05) is 12.1 Å². The number of imidazole rings is 1. The van der Waals surface area contributed by atoms with Crippen molar-refractivity contribution in [1.82, 2.24) is 9.38 Å². The predicted molar refractivity (Wildman–Crippen MR) is 240 cm³/mol. The molecule has 3 heteroatoms. The standard InChI is InChI=1S/C54H36N2O/c1-2-14-32(13-1)34-29-30-49-53(57-54-55-47-25-9-10-26-48(47)56(49)54)50(34)33-27-28-41-37-17-5-8-20-40(37)43-22-11-21-42-38-18-6-3-15-35(38)36-16-4-7-19-39(36)44-23-12-24-45(46(41)31-33)52(44)51(42)43/h3-12,15-32H,1-2,13-14H2/i32D. The van der Waals surface area contributed by atoms with Crippen LogP contribution in [0.2, 0.25) is 0 Å². The Bertz CT molecular complexity index is 3720. The Morgan fingerprint density at radius 2 is 0.947 bits per heavy atom. The van der Waals surface area contributed by atoms with Crippen molar-refractivity contribution in [2.75, 3.05) is 0 Å². The summed E-state index contributed by atoms with van der Waals surface area (Å²) < 4.78 is 18.9. The first-order valence-corrected chi connectivity index (χ1v) is 20.2. The molecule has 0 radical (unpaired) electrons. The molecule has 57 heavy (non-hydrogen) atoms. The summed E-state index contributed by atoms with van der Waals surface area (Å²) in [5, 5.41) is 14.6. The molecule has 1 saturated carbocycles. The maximum Gasteiger partial charge on any atom is 0.307 e. The van der Waals surface area contributed by atoms with Gasteiger partial charge in [0.2, 0.25) is 0 Å². The number of para-hydroxylation sites is 2. The minimum atomic E-state index is -0.704. The first-order valence-electron chi connectivity index (χ1n) is 20.7. The van der Waals surface area contributed by atoms with Gasteiger partial charge in [-0.25, -0.2) is 0 Å². The van der Waals surface area contributed by atoms with Crippen LogP contribution in [-0.2, 0) is 0 Å². The van der Waals surface area contributed by atoms with Crippen molar-refractivity contribution in [3.8, 4) is 22.3 Å². The molecule has 0 aliphatic heterocycles. The van der Waals surface area contributed by atoms with Crippen LogP contribution < -0.4 is 0 Å². The first kappa shape index (κ1) is 30.3. The van der Waals surface area contributed by atoms with Gasteiger partial charge in [-0.3, -0.25) is 4.40 Å². The molecule has 8 aromatic carbocycles.